The first-order valence-corrected chi connectivity index (χ1v) is 14.1. The predicted molar refractivity (Wildman–Crippen MR) is 135 cm³/mol. The molecule has 0 aliphatic heterocycles. The Morgan fingerprint density at radius 2 is 1.53 bits per heavy atom. The largest absolute Gasteiger partial charge is 0.381 e. The molecule has 0 spiro atoms. The molecule has 0 N–H and O–H groups in total. The minimum atomic E-state index is 0.287. The molecule has 0 amide bonds. The van der Waals surface area contributed by atoms with E-state index in [0.29, 0.717) is 27.8 Å². The molecule has 9 atom stereocenters. The van der Waals surface area contributed by atoms with Gasteiger partial charge in [-0.05, 0) is 114 Å². The molecule has 0 bridgehead atoms. The average molecular weight is 441 g/mol. The van der Waals surface area contributed by atoms with E-state index in [1.165, 1.54) is 57.8 Å². The Morgan fingerprint density at radius 3 is 2.19 bits per heavy atom. The van der Waals surface area contributed by atoms with E-state index in [9.17, 15) is 0 Å². The molecule has 4 fully saturated rings. The summed E-state index contributed by atoms with van der Waals surface area (Å²) in [5.41, 5.74) is 4.06. The molecule has 0 aromatic heterocycles. The zero-order chi connectivity index (χ0) is 23.3. The molecular formula is C31H52O. The molecule has 1 nitrogen and oxygen atoms in total. The minimum Gasteiger partial charge on any atom is -0.381 e. The van der Waals surface area contributed by atoms with E-state index >= 15 is 0 Å². The van der Waals surface area contributed by atoms with Gasteiger partial charge >= 0.3 is 0 Å². The Bertz CT molecular complexity index is 792. The van der Waals surface area contributed by atoms with E-state index < -0.39 is 0 Å². The van der Waals surface area contributed by atoms with Gasteiger partial charge in [-0.15, -0.1) is 0 Å². The fraction of sp³-hybridized carbons (Fsp3) is 0.935. The van der Waals surface area contributed by atoms with Crippen LogP contribution in [0.2, 0.25) is 0 Å². The summed E-state index contributed by atoms with van der Waals surface area (Å²) in [6.07, 6.45) is 15.8. The molecule has 0 radical (unpaired) electrons. The van der Waals surface area contributed by atoms with Crippen LogP contribution in [0.1, 0.15) is 113 Å². The van der Waals surface area contributed by atoms with Gasteiger partial charge in [0, 0.05) is 7.11 Å². The number of methoxy groups -OCH3 is 1. The molecule has 0 aromatic carbocycles. The van der Waals surface area contributed by atoms with Crippen molar-refractivity contribution < 1.29 is 4.74 Å². The fourth-order valence-corrected chi connectivity index (χ4v) is 11.6. The first kappa shape index (κ1) is 23.4. The van der Waals surface area contributed by atoms with Gasteiger partial charge in [0.05, 0.1) is 6.10 Å². The maximum atomic E-state index is 6.04. The smallest absolute Gasteiger partial charge is 0.0625 e. The SMILES string of the molecule is CO[C@H]1CC[C@]2(C)[C@H]3CC=C4[C@H]5CC[C@@H](C(C)C)[C@]5(C)CC[C@@]4(C)[C@]3(C)CC[C@H]2C1(C)C. The zero-order valence-electron chi connectivity index (χ0n) is 22.8. The molecule has 5 rings (SSSR count). The van der Waals surface area contributed by atoms with Crippen molar-refractivity contribution in [3.05, 3.63) is 11.6 Å². The Kier molecular flexibility index (Phi) is 5.21. The van der Waals surface area contributed by atoms with Gasteiger partial charge in [-0.25, -0.2) is 0 Å². The summed E-state index contributed by atoms with van der Waals surface area (Å²) in [7, 11) is 1.95. The third-order valence-corrected chi connectivity index (χ3v) is 13.5. The number of hydrogen-bond donors (Lipinski definition) is 0. The second kappa shape index (κ2) is 7.11. The number of ether oxygens (including phenoxy) is 1. The van der Waals surface area contributed by atoms with E-state index in [2.05, 4.69) is 61.5 Å². The standard InChI is InChI=1S/C31H52O/c1-20(2)21-10-11-22-23-12-13-25-29(6)16-15-26(32-9)27(3,4)24(29)14-17-31(25,8)30(23,7)19-18-28(21,22)5/h12,20-22,24-26H,10-11,13-19H2,1-9H3/t21-,22+,24-,25+,26-,28-,29-,30+,31+/m0/s1. The van der Waals surface area contributed by atoms with Gasteiger partial charge in [0.25, 0.3) is 0 Å². The lowest BCUT2D eigenvalue weighted by Gasteiger charge is -2.70. The second-order valence-electron chi connectivity index (χ2n) is 14.9. The monoisotopic (exact) mass is 440 g/mol. The van der Waals surface area contributed by atoms with Crippen LogP contribution < -0.4 is 0 Å². The second-order valence-corrected chi connectivity index (χ2v) is 14.9. The molecule has 32 heavy (non-hydrogen) atoms. The van der Waals surface area contributed by atoms with E-state index in [1.807, 2.05) is 12.7 Å². The van der Waals surface area contributed by atoms with Crippen LogP contribution in [0.5, 0.6) is 0 Å². The van der Waals surface area contributed by atoms with Crippen molar-refractivity contribution in [2.75, 3.05) is 7.11 Å². The summed E-state index contributed by atoms with van der Waals surface area (Å²) in [5.74, 6) is 4.20. The molecule has 5 aliphatic carbocycles. The highest BCUT2D eigenvalue weighted by Gasteiger charge is 2.68. The fourth-order valence-electron chi connectivity index (χ4n) is 11.6. The third kappa shape index (κ3) is 2.67. The molecule has 0 saturated heterocycles. The summed E-state index contributed by atoms with van der Waals surface area (Å²) in [5, 5.41) is 0. The van der Waals surface area contributed by atoms with Gasteiger partial charge in [-0.2, -0.15) is 0 Å². The highest BCUT2D eigenvalue weighted by molar-refractivity contribution is 5.34. The van der Waals surface area contributed by atoms with Crippen LogP contribution in [0.15, 0.2) is 11.6 Å². The van der Waals surface area contributed by atoms with Gasteiger partial charge in [0.2, 0.25) is 0 Å². The van der Waals surface area contributed by atoms with Gasteiger partial charge in [-0.1, -0.05) is 67.0 Å². The molecule has 182 valence electrons. The van der Waals surface area contributed by atoms with Crippen LogP contribution in [-0.4, -0.2) is 13.2 Å². The number of fused-ring (bicyclic) bond motifs is 7. The first-order valence-electron chi connectivity index (χ1n) is 14.1. The lowest BCUT2D eigenvalue weighted by molar-refractivity contribution is -0.205. The Hall–Kier alpha value is -0.300. The highest BCUT2D eigenvalue weighted by Crippen LogP contribution is 2.76. The lowest BCUT2D eigenvalue weighted by Crippen LogP contribution is -2.64. The number of rotatable bonds is 2. The van der Waals surface area contributed by atoms with Crippen molar-refractivity contribution in [1.29, 1.82) is 0 Å². The van der Waals surface area contributed by atoms with Crippen molar-refractivity contribution in [3.63, 3.8) is 0 Å². The van der Waals surface area contributed by atoms with Gasteiger partial charge in [0.15, 0.2) is 0 Å². The van der Waals surface area contributed by atoms with Crippen LogP contribution in [0.25, 0.3) is 0 Å². The number of hydrogen-bond acceptors (Lipinski definition) is 1. The Morgan fingerprint density at radius 1 is 0.812 bits per heavy atom. The maximum absolute atomic E-state index is 6.04. The Labute approximate surface area is 199 Å². The van der Waals surface area contributed by atoms with E-state index in [1.54, 1.807) is 0 Å². The van der Waals surface area contributed by atoms with E-state index in [0.717, 1.165) is 29.6 Å². The summed E-state index contributed by atoms with van der Waals surface area (Å²) < 4.78 is 6.04. The van der Waals surface area contributed by atoms with Crippen LogP contribution in [0.3, 0.4) is 0 Å². The van der Waals surface area contributed by atoms with Crippen LogP contribution in [0.4, 0.5) is 0 Å². The highest BCUT2D eigenvalue weighted by atomic mass is 16.5. The van der Waals surface area contributed by atoms with Crippen LogP contribution in [0, 0.1) is 56.7 Å². The van der Waals surface area contributed by atoms with Crippen molar-refractivity contribution in [3.8, 4) is 0 Å². The van der Waals surface area contributed by atoms with E-state index in [4.69, 9.17) is 4.74 Å². The summed E-state index contributed by atoms with van der Waals surface area (Å²) in [6, 6.07) is 0. The minimum absolute atomic E-state index is 0.287. The van der Waals surface area contributed by atoms with Crippen molar-refractivity contribution in [1.82, 2.24) is 0 Å². The normalized spacial score (nSPS) is 54.3. The van der Waals surface area contributed by atoms with Crippen molar-refractivity contribution in [2.45, 2.75) is 119 Å². The van der Waals surface area contributed by atoms with Gasteiger partial charge in [-0.3, -0.25) is 0 Å². The molecule has 0 aromatic rings. The molecule has 0 heterocycles. The summed E-state index contributed by atoms with van der Waals surface area (Å²) in [4.78, 5) is 0. The topological polar surface area (TPSA) is 9.23 Å². The quantitative estimate of drug-likeness (QED) is 0.390. The lowest BCUT2D eigenvalue weighted by atomic mass is 9.34. The molecule has 1 heteroatoms. The van der Waals surface area contributed by atoms with E-state index in [-0.39, 0.29) is 5.41 Å². The van der Waals surface area contributed by atoms with Crippen LogP contribution in [-0.2, 0) is 4.74 Å². The third-order valence-electron chi connectivity index (χ3n) is 13.5. The van der Waals surface area contributed by atoms with Gasteiger partial charge in [0.1, 0.15) is 0 Å². The first-order chi connectivity index (χ1) is 14.9. The Balaban J connectivity index is 1.54. The van der Waals surface area contributed by atoms with Crippen LogP contribution >= 0.6 is 0 Å². The van der Waals surface area contributed by atoms with Gasteiger partial charge < -0.3 is 4.74 Å². The summed E-state index contributed by atoms with van der Waals surface area (Å²) in [6.45, 7) is 20.9. The maximum Gasteiger partial charge on any atom is 0.0625 e. The molecule has 4 saturated carbocycles. The predicted octanol–water partition coefficient (Wildman–Crippen LogP) is 8.68. The average Bonchev–Trinajstić information content (AvgIpc) is 3.06. The van der Waals surface area contributed by atoms with Crippen molar-refractivity contribution in [2.24, 2.45) is 56.7 Å². The zero-order valence-corrected chi connectivity index (χ0v) is 22.8. The summed E-state index contributed by atoms with van der Waals surface area (Å²) >= 11 is 0. The molecular weight excluding hydrogens is 388 g/mol. The van der Waals surface area contributed by atoms with Crippen molar-refractivity contribution >= 4 is 0 Å². The molecule has 0 unspecified atom stereocenters. The number of allylic oxidation sites excluding steroid dienone is 2. The molecule has 5 aliphatic rings.